The fourth-order valence-electron chi connectivity index (χ4n) is 2.23. The van der Waals surface area contributed by atoms with E-state index in [1.165, 1.54) is 17.9 Å². The summed E-state index contributed by atoms with van der Waals surface area (Å²) in [4.78, 5) is 25.4. The molecule has 0 radical (unpaired) electrons. The van der Waals surface area contributed by atoms with Crippen LogP contribution in [-0.4, -0.2) is 18.4 Å². The van der Waals surface area contributed by atoms with Crippen molar-refractivity contribution in [1.29, 1.82) is 0 Å². The molecule has 0 atom stereocenters. The monoisotopic (exact) mass is 392 g/mol. The van der Waals surface area contributed by atoms with Gasteiger partial charge in [-0.1, -0.05) is 24.3 Å². The fourth-order valence-corrected chi connectivity index (χ4v) is 2.94. The van der Waals surface area contributed by atoms with Crippen molar-refractivity contribution in [2.24, 2.45) is 0 Å². The van der Waals surface area contributed by atoms with Gasteiger partial charge in [-0.25, -0.2) is 4.39 Å². The van der Waals surface area contributed by atoms with Crippen molar-refractivity contribution >= 4 is 33.4 Å². The van der Waals surface area contributed by atoms with Gasteiger partial charge in [0.05, 0.1) is 5.69 Å². The van der Waals surface area contributed by atoms with E-state index < -0.39 is 0 Å². The molecule has 0 aromatic heterocycles. The van der Waals surface area contributed by atoms with Crippen LogP contribution < -0.4 is 10.2 Å². The molecular weight excluding hydrogens is 375 g/mol. The highest BCUT2D eigenvalue weighted by molar-refractivity contribution is 9.10. The molecule has 0 aliphatic heterocycles. The minimum atomic E-state index is -0.373. The molecule has 0 saturated heterocycles. The lowest BCUT2D eigenvalue weighted by atomic mass is 10.2. The smallest absolute Gasteiger partial charge is 0.240 e. The van der Waals surface area contributed by atoms with Crippen LogP contribution in [0.4, 0.5) is 10.1 Å². The average molecular weight is 393 g/mol. The lowest BCUT2D eigenvalue weighted by Gasteiger charge is -2.22. The summed E-state index contributed by atoms with van der Waals surface area (Å²) in [5.74, 6) is -0.982. The molecule has 4 nitrogen and oxygen atoms in total. The van der Waals surface area contributed by atoms with E-state index in [4.69, 9.17) is 0 Å². The van der Waals surface area contributed by atoms with Gasteiger partial charge in [0, 0.05) is 23.5 Å². The van der Waals surface area contributed by atoms with Crippen LogP contribution in [0, 0.1) is 12.7 Å². The van der Waals surface area contributed by atoms with Crippen molar-refractivity contribution in [2.45, 2.75) is 20.4 Å². The Kier molecular flexibility index (Phi) is 6.09. The third-order valence-corrected chi connectivity index (χ3v) is 4.14. The number of hydrogen-bond donors (Lipinski definition) is 1. The second kappa shape index (κ2) is 8.06. The highest BCUT2D eigenvalue weighted by Crippen LogP contribution is 2.27. The maximum absolute atomic E-state index is 13.6. The van der Waals surface area contributed by atoms with Crippen LogP contribution in [0.1, 0.15) is 18.1 Å². The predicted molar refractivity (Wildman–Crippen MR) is 95.2 cm³/mol. The van der Waals surface area contributed by atoms with Crippen LogP contribution >= 0.6 is 15.9 Å². The molecule has 2 amide bonds. The maximum Gasteiger partial charge on any atom is 0.240 e. The van der Waals surface area contributed by atoms with E-state index in [-0.39, 0.29) is 30.7 Å². The summed E-state index contributed by atoms with van der Waals surface area (Å²) in [6.07, 6.45) is 0. The molecule has 2 aromatic carbocycles. The van der Waals surface area contributed by atoms with E-state index in [1.54, 1.807) is 24.3 Å². The highest BCUT2D eigenvalue weighted by Gasteiger charge is 2.18. The minimum absolute atomic E-state index is 0.0757. The summed E-state index contributed by atoms with van der Waals surface area (Å²) in [6, 6.07) is 11.8. The Balaban J connectivity index is 2.06. The maximum atomic E-state index is 13.6. The van der Waals surface area contributed by atoms with E-state index in [0.717, 1.165) is 10.0 Å². The number of aryl methyl sites for hydroxylation is 1. The summed E-state index contributed by atoms with van der Waals surface area (Å²) in [5, 5.41) is 2.64. The standard InChI is InChI=1S/C18H18BrFN2O2/c1-12-7-8-17(15(19)9-12)22(13(2)23)11-18(24)21-10-14-5-3-4-6-16(14)20/h3-9H,10-11H2,1-2H3,(H,21,24). The largest absolute Gasteiger partial charge is 0.350 e. The van der Waals surface area contributed by atoms with Gasteiger partial charge < -0.3 is 10.2 Å². The number of nitrogens with one attached hydrogen (secondary N) is 1. The van der Waals surface area contributed by atoms with E-state index in [2.05, 4.69) is 21.2 Å². The van der Waals surface area contributed by atoms with Gasteiger partial charge in [-0.15, -0.1) is 0 Å². The first-order valence-corrected chi connectivity index (χ1v) is 8.22. The van der Waals surface area contributed by atoms with Crippen LogP contribution in [0.15, 0.2) is 46.9 Å². The van der Waals surface area contributed by atoms with Crippen molar-refractivity contribution in [1.82, 2.24) is 5.32 Å². The van der Waals surface area contributed by atoms with Crippen molar-refractivity contribution < 1.29 is 14.0 Å². The number of rotatable bonds is 5. The van der Waals surface area contributed by atoms with Crippen LogP contribution in [0.3, 0.4) is 0 Å². The van der Waals surface area contributed by atoms with Crippen molar-refractivity contribution in [3.8, 4) is 0 Å². The molecule has 0 fully saturated rings. The number of hydrogen-bond acceptors (Lipinski definition) is 2. The second-order valence-corrected chi connectivity index (χ2v) is 6.28. The molecule has 1 N–H and O–H groups in total. The molecule has 2 rings (SSSR count). The number of benzene rings is 2. The summed E-state index contributed by atoms with van der Waals surface area (Å²) in [7, 11) is 0. The third-order valence-electron chi connectivity index (χ3n) is 3.51. The van der Waals surface area contributed by atoms with Crippen LogP contribution in [0.5, 0.6) is 0 Å². The molecule has 126 valence electrons. The van der Waals surface area contributed by atoms with Gasteiger partial charge in [-0.2, -0.15) is 0 Å². The van der Waals surface area contributed by atoms with Gasteiger partial charge >= 0.3 is 0 Å². The summed E-state index contributed by atoms with van der Waals surface area (Å²) in [5.41, 5.74) is 2.06. The zero-order valence-electron chi connectivity index (χ0n) is 13.5. The Hall–Kier alpha value is -2.21. The van der Waals surface area contributed by atoms with E-state index in [0.29, 0.717) is 11.3 Å². The molecule has 24 heavy (non-hydrogen) atoms. The fraction of sp³-hybridized carbons (Fsp3) is 0.222. The van der Waals surface area contributed by atoms with Crippen LogP contribution in [0.25, 0.3) is 0 Å². The van der Waals surface area contributed by atoms with Crippen LogP contribution in [-0.2, 0) is 16.1 Å². The van der Waals surface area contributed by atoms with E-state index in [1.807, 2.05) is 19.1 Å². The molecule has 2 aromatic rings. The van der Waals surface area contributed by atoms with E-state index >= 15 is 0 Å². The quantitative estimate of drug-likeness (QED) is 0.845. The molecule has 6 heteroatoms. The average Bonchev–Trinajstić information content (AvgIpc) is 2.52. The lowest BCUT2D eigenvalue weighted by Crippen LogP contribution is -2.39. The second-order valence-electron chi connectivity index (χ2n) is 5.43. The molecule has 0 heterocycles. The third kappa shape index (κ3) is 4.64. The lowest BCUT2D eigenvalue weighted by molar-refractivity contribution is -0.123. The number of halogens is 2. The molecule has 0 bridgehead atoms. The highest BCUT2D eigenvalue weighted by atomic mass is 79.9. The van der Waals surface area contributed by atoms with Gasteiger partial charge in [0.2, 0.25) is 11.8 Å². The zero-order valence-corrected chi connectivity index (χ0v) is 15.1. The first-order chi connectivity index (χ1) is 11.4. The Bertz CT molecular complexity index is 764. The predicted octanol–water partition coefficient (Wildman–Crippen LogP) is 3.57. The molecule has 0 aliphatic carbocycles. The molecule has 0 unspecified atom stereocenters. The Morgan fingerprint density at radius 3 is 2.54 bits per heavy atom. The Morgan fingerprint density at radius 1 is 1.21 bits per heavy atom. The van der Waals surface area contributed by atoms with Gasteiger partial charge in [0.1, 0.15) is 12.4 Å². The molecule has 0 aliphatic rings. The number of anilines is 1. The van der Waals surface area contributed by atoms with Gasteiger partial charge in [0.15, 0.2) is 0 Å². The first kappa shape index (κ1) is 18.1. The topological polar surface area (TPSA) is 49.4 Å². The molecule has 0 spiro atoms. The van der Waals surface area contributed by atoms with Gasteiger partial charge in [-0.3, -0.25) is 9.59 Å². The molecular formula is C18H18BrFN2O2. The SMILES string of the molecule is CC(=O)N(CC(=O)NCc1ccccc1F)c1ccc(C)cc1Br. The zero-order chi connectivity index (χ0) is 17.7. The first-order valence-electron chi connectivity index (χ1n) is 7.43. The van der Waals surface area contributed by atoms with Crippen molar-refractivity contribution in [3.05, 3.63) is 63.9 Å². The molecule has 0 saturated carbocycles. The number of amides is 2. The Morgan fingerprint density at radius 2 is 1.92 bits per heavy atom. The van der Waals surface area contributed by atoms with Gasteiger partial charge in [0.25, 0.3) is 0 Å². The number of nitrogens with zero attached hydrogens (tertiary/aromatic N) is 1. The summed E-state index contributed by atoms with van der Waals surface area (Å²) < 4.78 is 14.3. The van der Waals surface area contributed by atoms with E-state index in [9.17, 15) is 14.0 Å². The Labute approximate surface area is 148 Å². The van der Waals surface area contributed by atoms with Gasteiger partial charge in [-0.05, 0) is 46.6 Å². The van der Waals surface area contributed by atoms with Crippen molar-refractivity contribution in [2.75, 3.05) is 11.4 Å². The van der Waals surface area contributed by atoms with Crippen LogP contribution in [0.2, 0.25) is 0 Å². The minimum Gasteiger partial charge on any atom is -0.350 e. The normalized spacial score (nSPS) is 10.3. The number of carbonyl (C=O) groups is 2. The summed E-state index contributed by atoms with van der Waals surface area (Å²) in [6.45, 7) is 3.28. The number of carbonyl (C=O) groups excluding carboxylic acids is 2. The summed E-state index contributed by atoms with van der Waals surface area (Å²) >= 11 is 3.42. The van der Waals surface area contributed by atoms with Crippen molar-refractivity contribution in [3.63, 3.8) is 0 Å².